The Balaban J connectivity index is 1.76. The molecular weight excluding hydrogens is 252 g/mol. The molecule has 1 saturated heterocycles. The lowest BCUT2D eigenvalue weighted by molar-refractivity contribution is 0.132. The third-order valence-electron chi connectivity index (χ3n) is 3.50. The Kier molecular flexibility index (Phi) is 2.92. The van der Waals surface area contributed by atoms with Crippen LogP contribution in [0.5, 0.6) is 0 Å². The van der Waals surface area contributed by atoms with Gasteiger partial charge in [0.25, 0.3) is 0 Å². The lowest BCUT2D eigenvalue weighted by Gasteiger charge is -2.28. The highest BCUT2D eigenvalue weighted by Gasteiger charge is 2.37. The van der Waals surface area contributed by atoms with Crippen LogP contribution < -0.4 is 0 Å². The molecule has 2 atom stereocenters. The molecule has 0 spiro atoms. The minimum absolute atomic E-state index is 0.0248. The van der Waals surface area contributed by atoms with E-state index in [1.807, 2.05) is 33.9 Å². The summed E-state index contributed by atoms with van der Waals surface area (Å²) in [5, 5.41) is 12.4. The average Bonchev–Trinajstić information content (AvgIpc) is 2.93. The topological polar surface area (TPSA) is 37.5 Å². The fraction of sp³-hybridized carbons (Fsp3) is 0.583. The van der Waals surface area contributed by atoms with Crippen LogP contribution in [0.4, 0.5) is 0 Å². The van der Waals surface area contributed by atoms with Gasteiger partial charge in [0, 0.05) is 28.9 Å². The van der Waals surface area contributed by atoms with Gasteiger partial charge >= 0.3 is 0 Å². The Labute approximate surface area is 109 Å². The molecule has 1 fully saturated rings. The Hall–Kier alpha value is -0.520. The van der Waals surface area contributed by atoms with Crippen LogP contribution in [0, 0.1) is 0 Å². The molecule has 3 rings (SSSR count). The number of aliphatic hydroxyl groups excluding tert-OH is 1. The predicted octanol–water partition coefficient (Wildman–Crippen LogP) is 2.58. The highest BCUT2D eigenvalue weighted by Crippen LogP contribution is 2.41. The van der Waals surface area contributed by atoms with Gasteiger partial charge in [-0.3, -0.25) is 4.40 Å². The highest BCUT2D eigenvalue weighted by atomic mass is 32.2. The minimum atomic E-state index is -0.292. The van der Waals surface area contributed by atoms with E-state index in [4.69, 9.17) is 0 Å². The monoisotopic (exact) mass is 268 g/mol. The van der Waals surface area contributed by atoms with E-state index in [9.17, 15) is 5.11 Å². The SMILES string of the molecule is CC1(C(O)Cc2cn3ccsc3n2)CCCS1. The maximum absolute atomic E-state index is 10.4. The first kappa shape index (κ1) is 11.6. The molecule has 1 aliphatic heterocycles. The molecule has 3 heterocycles. The third-order valence-corrected chi connectivity index (χ3v) is 5.90. The minimum Gasteiger partial charge on any atom is -0.391 e. The molecule has 0 saturated carbocycles. The molecule has 2 aromatic rings. The second kappa shape index (κ2) is 4.30. The Morgan fingerprint density at radius 3 is 3.24 bits per heavy atom. The molecule has 0 radical (unpaired) electrons. The number of thioether (sulfide) groups is 1. The second-order valence-electron chi connectivity index (χ2n) is 4.81. The number of aliphatic hydroxyl groups is 1. The van der Waals surface area contributed by atoms with Crippen LogP contribution in [0.15, 0.2) is 17.8 Å². The average molecular weight is 268 g/mol. The standard InChI is InChI=1S/C12H16N2OS2/c1-12(3-2-5-17-12)10(15)7-9-8-14-4-6-16-11(14)13-9/h4,6,8,10,15H,2-3,5,7H2,1H3. The Morgan fingerprint density at radius 1 is 1.65 bits per heavy atom. The fourth-order valence-electron chi connectivity index (χ4n) is 2.35. The normalized spacial score (nSPS) is 26.7. The van der Waals surface area contributed by atoms with Gasteiger partial charge in [-0.25, -0.2) is 4.98 Å². The van der Waals surface area contributed by atoms with Gasteiger partial charge in [-0.05, 0) is 25.5 Å². The van der Waals surface area contributed by atoms with Crippen molar-refractivity contribution in [3.05, 3.63) is 23.5 Å². The van der Waals surface area contributed by atoms with Crippen LogP contribution in [0.2, 0.25) is 0 Å². The number of aromatic nitrogens is 2. The Bertz CT molecular complexity index is 485. The number of thiazole rings is 1. The number of rotatable bonds is 3. The maximum atomic E-state index is 10.4. The van der Waals surface area contributed by atoms with E-state index in [0.29, 0.717) is 6.42 Å². The summed E-state index contributed by atoms with van der Waals surface area (Å²) in [5.74, 6) is 1.17. The Morgan fingerprint density at radius 2 is 2.53 bits per heavy atom. The van der Waals surface area contributed by atoms with E-state index in [2.05, 4.69) is 11.9 Å². The summed E-state index contributed by atoms with van der Waals surface area (Å²) in [6, 6.07) is 0. The summed E-state index contributed by atoms with van der Waals surface area (Å²) in [4.78, 5) is 5.54. The molecule has 92 valence electrons. The molecule has 0 amide bonds. The number of hydrogen-bond acceptors (Lipinski definition) is 4. The smallest absolute Gasteiger partial charge is 0.193 e. The number of imidazole rings is 1. The molecule has 5 heteroatoms. The van der Waals surface area contributed by atoms with E-state index in [-0.39, 0.29) is 10.9 Å². The lowest BCUT2D eigenvalue weighted by atomic mass is 9.95. The third kappa shape index (κ3) is 2.11. The first-order valence-electron chi connectivity index (χ1n) is 5.90. The van der Waals surface area contributed by atoms with Crippen molar-refractivity contribution in [2.75, 3.05) is 5.75 Å². The van der Waals surface area contributed by atoms with Crippen molar-refractivity contribution in [1.29, 1.82) is 0 Å². The van der Waals surface area contributed by atoms with Crippen LogP contribution >= 0.6 is 23.1 Å². The molecule has 0 aliphatic carbocycles. The first-order valence-corrected chi connectivity index (χ1v) is 7.77. The van der Waals surface area contributed by atoms with Gasteiger partial charge in [0.2, 0.25) is 0 Å². The molecule has 17 heavy (non-hydrogen) atoms. The van der Waals surface area contributed by atoms with Crippen molar-refractivity contribution in [2.45, 2.75) is 37.0 Å². The van der Waals surface area contributed by atoms with Gasteiger partial charge in [0.1, 0.15) is 0 Å². The van der Waals surface area contributed by atoms with Crippen LogP contribution in [0.25, 0.3) is 4.96 Å². The van der Waals surface area contributed by atoms with Crippen LogP contribution in [0.1, 0.15) is 25.5 Å². The molecule has 3 nitrogen and oxygen atoms in total. The molecule has 0 aromatic carbocycles. The maximum Gasteiger partial charge on any atom is 0.193 e. The summed E-state index contributed by atoms with van der Waals surface area (Å²) in [6.45, 7) is 2.17. The number of fused-ring (bicyclic) bond motifs is 1. The van der Waals surface area contributed by atoms with Gasteiger partial charge < -0.3 is 5.11 Å². The molecule has 0 bridgehead atoms. The van der Waals surface area contributed by atoms with E-state index in [0.717, 1.165) is 17.1 Å². The summed E-state index contributed by atoms with van der Waals surface area (Å²) in [6.07, 6.45) is 6.74. The van der Waals surface area contributed by atoms with Gasteiger partial charge in [-0.2, -0.15) is 11.8 Å². The van der Waals surface area contributed by atoms with Crippen molar-refractivity contribution in [3.63, 3.8) is 0 Å². The van der Waals surface area contributed by atoms with Gasteiger partial charge in [0.15, 0.2) is 4.96 Å². The zero-order valence-electron chi connectivity index (χ0n) is 9.80. The number of nitrogens with zero attached hydrogens (tertiary/aromatic N) is 2. The fourth-order valence-corrected chi connectivity index (χ4v) is 4.39. The van der Waals surface area contributed by atoms with Crippen molar-refractivity contribution in [3.8, 4) is 0 Å². The van der Waals surface area contributed by atoms with E-state index >= 15 is 0 Å². The zero-order chi connectivity index (χ0) is 11.9. The van der Waals surface area contributed by atoms with Crippen LogP contribution in [-0.4, -0.2) is 31.1 Å². The lowest BCUT2D eigenvalue weighted by Crippen LogP contribution is -2.35. The van der Waals surface area contributed by atoms with Crippen molar-refractivity contribution >= 4 is 28.1 Å². The van der Waals surface area contributed by atoms with Crippen LogP contribution in [0.3, 0.4) is 0 Å². The van der Waals surface area contributed by atoms with E-state index < -0.39 is 0 Å². The summed E-state index contributed by atoms with van der Waals surface area (Å²) in [7, 11) is 0. The molecule has 2 aromatic heterocycles. The van der Waals surface area contributed by atoms with E-state index in [1.54, 1.807) is 11.3 Å². The molecule has 1 N–H and O–H groups in total. The molecule has 1 aliphatic rings. The molecular formula is C12H16N2OS2. The van der Waals surface area contributed by atoms with Crippen LogP contribution in [-0.2, 0) is 6.42 Å². The predicted molar refractivity (Wildman–Crippen MR) is 72.9 cm³/mol. The quantitative estimate of drug-likeness (QED) is 0.929. The van der Waals surface area contributed by atoms with Gasteiger partial charge in [-0.15, -0.1) is 11.3 Å². The van der Waals surface area contributed by atoms with E-state index in [1.165, 1.54) is 12.2 Å². The summed E-state index contributed by atoms with van der Waals surface area (Å²) < 4.78 is 2.05. The summed E-state index contributed by atoms with van der Waals surface area (Å²) >= 11 is 3.53. The van der Waals surface area contributed by atoms with Gasteiger partial charge in [-0.1, -0.05) is 0 Å². The number of hydrogen-bond donors (Lipinski definition) is 1. The van der Waals surface area contributed by atoms with Gasteiger partial charge in [0.05, 0.1) is 11.8 Å². The van der Waals surface area contributed by atoms with Crippen molar-refractivity contribution in [1.82, 2.24) is 9.38 Å². The second-order valence-corrected chi connectivity index (χ2v) is 7.31. The zero-order valence-corrected chi connectivity index (χ0v) is 11.4. The highest BCUT2D eigenvalue weighted by molar-refractivity contribution is 8.00. The summed E-state index contributed by atoms with van der Waals surface area (Å²) in [5.41, 5.74) is 0.998. The van der Waals surface area contributed by atoms with Crippen molar-refractivity contribution < 1.29 is 5.11 Å². The first-order chi connectivity index (χ1) is 8.17. The van der Waals surface area contributed by atoms with Crippen molar-refractivity contribution in [2.24, 2.45) is 0 Å². The largest absolute Gasteiger partial charge is 0.391 e. The molecule has 2 unspecified atom stereocenters.